The standard InChI is InChI=1S/C43H25N5/c1-2-11-28(12-3-1)47-38-19-9-6-14-30(38)31-21-20-26(25-39(31)47)27-23-34-29-13-4-5-15-32(29)40-43(46-37-18-8-7-17-36(37)45-40)48-41(34)35(24-27)33-16-10-22-44-42(33)48/h1-25H. The van der Waals surface area contributed by atoms with Crippen LogP contribution in [-0.2, 0) is 0 Å². The first-order valence-corrected chi connectivity index (χ1v) is 16.2. The van der Waals surface area contributed by atoms with E-state index in [1.165, 1.54) is 21.8 Å². The van der Waals surface area contributed by atoms with Crippen LogP contribution in [0.2, 0.25) is 0 Å². The number of benzene rings is 6. The lowest BCUT2D eigenvalue weighted by Gasteiger charge is -2.12. The second kappa shape index (κ2) is 9.47. The van der Waals surface area contributed by atoms with Gasteiger partial charge in [-0.2, -0.15) is 0 Å². The Hall–Kier alpha value is -6.59. The fraction of sp³-hybridized carbons (Fsp3) is 0. The number of hydrogen-bond acceptors (Lipinski definition) is 3. The molecule has 5 heterocycles. The summed E-state index contributed by atoms with van der Waals surface area (Å²) in [5.74, 6) is 0.806. The van der Waals surface area contributed by atoms with Crippen LogP contribution < -0.4 is 0 Å². The highest BCUT2D eigenvalue weighted by Crippen LogP contribution is 2.47. The van der Waals surface area contributed by atoms with E-state index in [1.54, 1.807) is 0 Å². The average molecular weight is 612 g/mol. The summed E-state index contributed by atoms with van der Waals surface area (Å²) in [5.41, 5.74) is 13.8. The molecule has 0 atom stereocenters. The van der Waals surface area contributed by atoms with Gasteiger partial charge in [-0.1, -0.05) is 84.9 Å². The van der Waals surface area contributed by atoms with Gasteiger partial charge in [-0.15, -0.1) is 0 Å². The molecule has 11 rings (SSSR count). The lowest BCUT2D eigenvalue weighted by atomic mass is 9.92. The highest BCUT2D eigenvalue weighted by molar-refractivity contribution is 6.17. The molecule has 5 nitrogen and oxygen atoms in total. The van der Waals surface area contributed by atoms with Crippen molar-refractivity contribution < 1.29 is 0 Å². The molecule has 0 spiro atoms. The van der Waals surface area contributed by atoms with E-state index in [-0.39, 0.29) is 0 Å². The number of pyridine rings is 1. The topological polar surface area (TPSA) is 48.5 Å². The molecular weight excluding hydrogens is 587 g/mol. The second-order valence-electron chi connectivity index (χ2n) is 12.5. The lowest BCUT2D eigenvalue weighted by Crippen LogP contribution is -2.03. The van der Waals surface area contributed by atoms with Crippen molar-refractivity contribution in [1.29, 1.82) is 0 Å². The molecule has 0 saturated heterocycles. The fourth-order valence-electron chi connectivity index (χ4n) is 7.81. The summed E-state index contributed by atoms with van der Waals surface area (Å²) in [6.07, 6.45) is 1.87. The van der Waals surface area contributed by atoms with Crippen molar-refractivity contribution in [2.24, 2.45) is 0 Å². The normalized spacial score (nSPS) is 12.2. The average Bonchev–Trinajstić information content (AvgIpc) is 3.63. The van der Waals surface area contributed by atoms with Crippen molar-refractivity contribution in [3.63, 3.8) is 0 Å². The van der Waals surface area contributed by atoms with Crippen LogP contribution in [0.25, 0.3) is 99.8 Å². The van der Waals surface area contributed by atoms with E-state index >= 15 is 0 Å². The van der Waals surface area contributed by atoms with Crippen molar-refractivity contribution in [3.05, 3.63) is 152 Å². The first kappa shape index (κ1) is 25.6. The summed E-state index contributed by atoms with van der Waals surface area (Å²) in [4.78, 5) is 15.4. The van der Waals surface area contributed by atoms with E-state index in [9.17, 15) is 0 Å². The van der Waals surface area contributed by atoms with Gasteiger partial charge < -0.3 is 4.57 Å². The van der Waals surface area contributed by atoms with E-state index < -0.39 is 0 Å². The van der Waals surface area contributed by atoms with E-state index in [1.807, 2.05) is 36.5 Å². The Balaban J connectivity index is 1.26. The third-order valence-corrected chi connectivity index (χ3v) is 9.88. The van der Waals surface area contributed by atoms with Gasteiger partial charge in [0, 0.05) is 44.6 Å². The largest absolute Gasteiger partial charge is 0.309 e. The molecule has 0 unspecified atom stereocenters. The fourth-order valence-corrected chi connectivity index (χ4v) is 7.81. The van der Waals surface area contributed by atoms with Gasteiger partial charge in [-0.3, -0.25) is 4.57 Å². The number of hydrogen-bond donors (Lipinski definition) is 0. The minimum absolute atomic E-state index is 0.806. The van der Waals surface area contributed by atoms with Crippen molar-refractivity contribution >= 4 is 54.8 Å². The first-order chi connectivity index (χ1) is 23.8. The maximum atomic E-state index is 5.25. The molecule has 6 aromatic carbocycles. The highest BCUT2D eigenvalue weighted by atomic mass is 15.1. The maximum Gasteiger partial charge on any atom is 0.166 e. The van der Waals surface area contributed by atoms with Crippen LogP contribution in [0.15, 0.2) is 152 Å². The summed E-state index contributed by atoms with van der Waals surface area (Å²) in [6.45, 7) is 0. The predicted octanol–water partition coefficient (Wildman–Crippen LogP) is 10.5. The van der Waals surface area contributed by atoms with Crippen LogP contribution in [0.3, 0.4) is 0 Å². The molecule has 0 radical (unpaired) electrons. The zero-order chi connectivity index (χ0) is 31.3. The van der Waals surface area contributed by atoms with Crippen LogP contribution in [0.1, 0.15) is 0 Å². The summed E-state index contributed by atoms with van der Waals surface area (Å²) >= 11 is 0. The molecule has 1 aliphatic heterocycles. The van der Waals surface area contributed by atoms with Gasteiger partial charge in [-0.05, 0) is 77.4 Å². The minimum Gasteiger partial charge on any atom is -0.309 e. The maximum absolute atomic E-state index is 5.25. The molecule has 0 bridgehead atoms. The van der Waals surface area contributed by atoms with Crippen molar-refractivity contribution in [1.82, 2.24) is 24.1 Å². The third-order valence-electron chi connectivity index (χ3n) is 9.88. The number of fused-ring (bicyclic) bond motifs is 12. The molecular formula is C43H25N5. The van der Waals surface area contributed by atoms with Crippen molar-refractivity contribution in [3.8, 4) is 45.0 Å². The first-order valence-electron chi connectivity index (χ1n) is 16.2. The molecule has 10 aromatic rings. The molecule has 4 aromatic heterocycles. The van der Waals surface area contributed by atoms with Crippen LogP contribution >= 0.6 is 0 Å². The summed E-state index contributed by atoms with van der Waals surface area (Å²) < 4.78 is 4.61. The van der Waals surface area contributed by atoms with Crippen LogP contribution in [-0.4, -0.2) is 24.1 Å². The van der Waals surface area contributed by atoms with Crippen molar-refractivity contribution in [2.75, 3.05) is 0 Å². The zero-order valence-corrected chi connectivity index (χ0v) is 25.7. The molecule has 0 saturated carbocycles. The Kier molecular flexibility index (Phi) is 5.05. The number of rotatable bonds is 2. The van der Waals surface area contributed by atoms with Crippen molar-refractivity contribution in [2.45, 2.75) is 0 Å². The second-order valence-corrected chi connectivity index (χ2v) is 12.5. The molecule has 0 aliphatic carbocycles. The van der Waals surface area contributed by atoms with E-state index in [4.69, 9.17) is 15.0 Å². The van der Waals surface area contributed by atoms with Gasteiger partial charge in [-0.25, -0.2) is 15.0 Å². The summed E-state index contributed by atoms with van der Waals surface area (Å²) in [6, 6.07) is 51.8. The predicted molar refractivity (Wildman–Crippen MR) is 196 cm³/mol. The Morgan fingerprint density at radius 2 is 1.17 bits per heavy atom. The van der Waals surface area contributed by atoms with Gasteiger partial charge in [0.25, 0.3) is 0 Å². The van der Waals surface area contributed by atoms with E-state index in [0.29, 0.717) is 0 Å². The molecule has 0 amide bonds. The lowest BCUT2D eigenvalue weighted by molar-refractivity contribution is 1.06. The SMILES string of the molecule is c1ccc(-n2c3ccccc3c3ccc(-c4cc5c6c(c4)c4cccnc4n6-c4nc6ccccc6nc4-c4ccccc4-5)cc32)cc1. The Morgan fingerprint density at radius 3 is 2.06 bits per heavy atom. The minimum atomic E-state index is 0.806. The smallest absolute Gasteiger partial charge is 0.166 e. The monoisotopic (exact) mass is 611 g/mol. The van der Waals surface area contributed by atoms with Gasteiger partial charge in [0.05, 0.1) is 27.6 Å². The highest BCUT2D eigenvalue weighted by Gasteiger charge is 2.28. The Morgan fingerprint density at radius 1 is 0.438 bits per heavy atom. The van der Waals surface area contributed by atoms with Crippen LogP contribution in [0.5, 0.6) is 0 Å². The molecule has 48 heavy (non-hydrogen) atoms. The third kappa shape index (κ3) is 3.42. The summed E-state index contributed by atoms with van der Waals surface area (Å²) in [7, 11) is 0. The van der Waals surface area contributed by atoms with Crippen LogP contribution in [0, 0.1) is 0 Å². The number of para-hydroxylation sites is 4. The molecule has 5 heteroatoms. The van der Waals surface area contributed by atoms with Gasteiger partial charge in [0.1, 0.15) is 11.3 Å². The number of nitrogens with zero attached hydrogens (tertiary/aromatic N) is 5. The summed E-state index contributed by atoms with van der Waals surface area (Å²) in [5, 5.41) is 4.73. The molecule has 0 N–H and O–H groups in total. The molecule has 1 aliphatic rings. The van der Waals surface area contributed by atoms with E-state index in [0.717, 1.165) is 78.0 Å². The zero-order valence-electron chi connectivity index (χ0n) is 25.7. The van der Waals surface area contributed by atoms with Gasteiger partial charge >= 0.3 is 0 Å². The van der Waals surface area contributed by atoms with Gasteiger partial charge in [0.2, 0.25) is 0 Å². The molecule has 0 fully saturated rings. The van der Waals surface area contributed by atoms with Crippen LogP contribution in [0.4, 0.5) is 0 Å². The Bertz CT molecular complexity index is 2950. The quantitative estimate of drug-likeness (QED) is 0.195. The van der Waals surface area contributed by atoms with Gasteiger partial charge in [0.15, 0.2) is 5.82 Å². The molecule has 222 valence electrons. The van der Waals surface area contributed by atoms with E-state index in [2.05, 4.69) is 124 Å². The Labute approximate surface area is 275 Å². The number of aromatic nitrogens is 5.